The van der Waals surface area contributed by atoms with Crippen LogP contribution in [0.5, 0.6) is 0 Å². The second-order valence-electron chi connectivity index (χ2n) is 4.89. The van der Waals surface area contributed by atoms with Crippen molar-refractivity contribution in [3.05, 3.63) is 16.1 Å². The van der Waals surface area contributed by atoms with E-state index in [0.29, 0.717) is 5.37 Å². The van der Waals surface area contributed by atoms with E-state index >= 15 is 0 Å². The first-order valence-electron chi connectivity index (χ1n) is 5.38. The zero-order valence-corrected chi connectivity index (χ0v) is 11.2. The molecule has 1 aromatic heterocycles. The van der Waals surface area contributed by atoms with Gasteiger partial charge in [-0.1, -0.05) is 20.8 Å². The van der Waals surface area contributed by atoms with E-state index in [0.717, 1.165) is 6.54 Å². The Bertz CT molecular complexity index is 322. The Morgan fingerprint density at radius 1 is 1.47 bits per heavy atom. The van der Waals surface area contributed by atoms with Crippen molar-refractivity contribution in [1.29, 1.82) is 0 Å². The largest absolute Gasteiger partial charge is 0.300 e. The average molecular weight is 242 g/mol. The minimum absolute atomic E-state index is 0.183. The van der Waals surface area contributed by atoms with Gasteiger partial charge in [-0.3, -0.25) is 0 Å². The molecule has 2 nitrogen and oxygen atoms in total. The van der Waals surface area contributed by atoms with Crippen molar-refractivity contribution < 1.29 is 0 Å². The second-order valence-corrected chi connectivity index (χ2v) is 6.96. The predicted octanol–water partition coefficient (Wildman–Crippen LogP) is 3.17. The summed E-state index contributed by atoms with van der Waals surface area (Å²) < 4.78 is 0. The highest BCUT2D eigenvalue weighted by atomic mass is 32.2. The first-order valence-corrected chi connectivity index (χ1v) is 7.31. The van der Waals surface area contributed by atoms with Gasteiger partial charge in [-0.05, 0) is 18.7 Å². The molecule has 1 fully saturated rings. The zero-order chi connectivity index (χ0) is 10.9. The van der Waals surface area contributed by atoms with E-state index in [1.54, 1.807) is 11.3 Å². The number of nitrogens with zero attached hydrogens (tertiary/aromatic N) is 1. The summed E-state index contributed by atoms with van der Waals surface area (Å²) in [6.45, 7) is 7.78. The molecular weight excluding hydrogens is 224 g/mol. The Hall–Kier alpha value is -0.0600. The lowest BCUT2D eigenvalue weighted by atomic mass is 9.98. The summed E-state index contributed by atoms with van der Waals surface area (Å²) in [7, 11) is 0. The van der Waals surface area contributed by atoms with Crippen molar-refractivity contribution in [2.75, 3.05) is 12.3 Å². The van der Waals surface area contributed by atoms with E-state index in [9.17, 15) is 0 Å². The van der Waals surface area contributed by atoms with E-state index in [1.807, 2.05) is 11.8 Å². The second kappa shape index (κ2) is 4.44. The molecule has 15 heavy (non-hydrogen) atoms. The minimum Gasteiger partial charge on any atom is -0.300 e. The molecule has 0 aromatic carbocycles. The highest BCUT2D eigenvalue weighted by Crippen LogP contribution is 2.33. The van der Waals surface area contributed by atoms with Crippen LogP contribution < -0.4 is 5.32 Å². The molecule has 1 atom stereocenters. The fourth-order valence-electron chi connectivity index (χ4n) is 1.51. The number of rotatable bonds is 1. The Kier molecular flexibility index (Phi) is 3.38. The Morgan fingerprint density at radius 3 is 2.80 bits per heavy atom. The van der Waals surface area contributed by atoms with Crippen molar-refractivity contribution in [3.63, 3.8) is 0 Å². The molecule has 1 aliphatic rings. The van der Waals surface area contributed by atoms with Gasteiger partial charge in [0.05, 0.1) is 16.1 Å². The third kappa shape index (κ3) is 2.74. The van der Waals surface area contributed by atoms with Crippen LogP contribution in [0.3, 0.4) is 0 Å². The van der Waals surface area contributed by atoms with Crippen LogP contribution in [0, 0.1) is 0 Å². The fraction of sp³-hybridized carbons (Fsp3) is 0.727. The molecule has 1 N–H and O–H groups in total. The van der Waals surface area contributed by atoms with Gasteiger partial charge in [-0.25, -0.2) is 4.98 Å². The summed E-state index contributed by atoms with van der Waals surface area (Å²) in [5.74, 6) is 1.25. The number of hydrogen-bond donors (Lipinski definition) is 1. The van der Waals surface area contributed by atoms with Crippen molar-refractivity contribution in [3.8, 4) is 0 Å². The molecule has 2 rings (SSSR count). The Labute approximate surface area is 99.9 Å². The van der Waals surface area contributed by atoms with Crippen LogP contribution in [-0.4, -0.2) is 17.3 Å². The lowest BCUT2D eigenvalue weighted by Gasteiger charge is -2.21. The van der Waals surface area contributed by atoms with Crippen molar-refractivity contribution in [2.45, 2.75) is 38.0 Å². The summed E-state index contributed by atoms with van der Waals surface area (Å²) in [4.78, 5) is 4.74. The van der Waals surface area contributed by atoms with Crippen LogP contribution in [0.15, 0.2) is 5.38 Å². The summed E-state index contributed by atoms with van der Waals surface area (Å²) in [5.41, 5.74) is 1.40. The molecule has 0 bridgehead atoms. The Morgan fingerprint density at radius 2 is 2.27 bits per heavy atom. The number of hydrogen-bond acceptors (Lipinski definition) is 4. The molecule has 0 radical (unpaired) electrons. The Balaban J connectivity index is 2.12. The van der Waals surface area contributed by atoms with Gasteiger partial charge >= 0.3 is 0 Å². The maximum atomic E-state index is 4.74. The van der Waals surface area contributed by atoms with E-state index in [-0.39, 0.29) is 5.41 Å². The average Bonchev–Trinajstić information content (AvgIpc) is 2.67. The molecule has 0 amide bonds. The van der Waals surface area contributed by atoms with Crippen molar-refractivity contribution in [1.82, 2.24) is 10.3 Å². The molecule has 4 heteroatoms. The molecule has 2 heterocycles. The minimum atomic E-state index is 0.183. The van der Waals surface area contributed by atoms with E-state index in [4.69, 9.17) is 4.98 Å². The number of nitrogens with one attached hydrogen (secondary N) is 1. The van der Waals surface area contributed by atoms with Crippen LogP contribution in [0.25, 0.3) is 0 Å². The normalized spacial score (nSPS) is 23.0. The SMILES string of the molecule is CC(C)(C)c1nc(C2NCCCS2)cs1. The molecule has 1 aliphatic heterocycles. The van der Waals surface area contributed by atoms with Gasteiger partial charge in [0.1, 0.15) is 0 Å². The number of aromatic nitrogens is 1. The molecule has 0 saturated carbocycles. The van der Waals surface area contributed by atoms with Gasteiger partial charge in [0, 0.05) is 10.8 Å². The van der Waals surface area contributed by atoms with Crippen molar-refractivity contribution >= 4 is 23.1 Å². The summed E-state index contributed by atoms with van der Waals surface area (Å²) in [6, 6.07) is 0. The van der Waals surface area contributed by atoms with Gasteiger partial charge in [-0.15, -0.1) is 23.1 Å². The summed E-state index contributed by atoms with van der Waals surface area (Å²) in [6.07, 6.45) is 1.28. The third-order valence-electron chi connectivity index (χ3n) is 2.37. The van der Waals surface area contributed by atoms with E-state index < -0.39 is 0 Å². The number of thiazole rings is 1. The van der Waals surface area contributed by atoms with Crippen LogP contribution in [0.1, 0.15) is 43.3 Å². The molecule has 1 unspecified atom stereocenters. The standard InChI is InChI=1S/C11H18N2S2/c1-11(2,3)10-13-8(7-15-10)9-12-5-4-6-14-9/h7,9,12H,4-6H2,1-3H3. The quantitative estimate of drug-likeness (QED) is 0.819. The molecule has 0 aliphatic carbocycles. The van der Waals surface area contributed by atoms with E-state index in [1.165, 1.54) is 22.9 Å². The van der Waals surface area contributed by atoms with Gasteiger partial charge in [-0.2, -0.15) is 0 Å². The van der Waals surface area contributed by atoms with Crippen LogP contribution in [0.4, 0.5) is 0 Å². The summed E-state index contributed by atoms with van der Waals surface area (Å²) >= 11 is 3.76. The van der Waals surface area contributed by atoms with E-state index in [2.05, 4.69) is 31.5 Å². The lowest BCUT2D eigenvalue weighted by molar-refractivity contribution is 0.576. The molecule has 84 valence electrons. The fourth-order valence-corrected chi connectivity index (χ4v) is 3.60. The van der Waals surface area contributed by atoms with Crippen molar-refractivity contribution in [2.24, 2.45) is 0 Å². The van der Waals surface area contributed by atoms with Gasteiger partial charge in [0.2, 0.25) is 0 Å². The maximum absolute atomic E-state index is 4.74. The van der Waals surface area contributed by atoms with Crippen LogP contribution in [-0.2, 0) is 5.41 Å². The van der Waals surface area contributed by atoms with Crippen LogP contribution >= 0.6 is 23.1 Å². The molecular formula is C11H18N2S2. The first kappa shape index (κ1) is 11.4. The monoisotopic (exact) mass is 242 g/mol. The topological polar surface area (TPSA) is 24.9 Å². The van der Waals surface area contributed by atoms with Gasteiger partial charge in [0.25, 0.3) is 0 Å². The van der Waals surface area contributed by atoms with Gasteiger partial charge < -0.3 is 5.32 Å². The lowest BCUT2D eigenvalue weighted by Crippen LogP contribution is -2.25. The molecule has 1 saturated heterocycles. The van der Waals surface area contributed by atoms with Crippen LogP contribution in [0.2, 0.25) is 0 Å². The smallest absolute Gasteiger partial charge is 0.0982 e. The highest BCUT2D eigenvalue weighted by molar-refractivity contribution is 7.99. The predicted molar refractivity (Wildman–Crippen MR) is 68.6 cm³/mol. The zero-order valence-electron chi connectivity index (χ0n) is 9.54. The molecule has 1 aromatic rings. The first-order chi connectivity index (χ1) is 7.07. The molecule has 0 spiro atoms. The highest BCUT2D eigenvalue weighted by Gasteiger charge is 2.22. The number of thioether (sulfide) groups is 1. The third-order valence-corrected chi connectivity index (χ3v) is 4.92. The summed E-state index contributed by atoms with van der Waals surface area (Å²) in [5, 5.41) is 7.38. The van der Waals surface area contributed by atoms with Gasteiger partial charge in [0.15, 0.2) is 0 Å². The maximum Gasteiger partial charge on any atom is 0.0982 e.